The van der Waals surface area contributed by atoms with E-state index in [-0.39, 0.29) is 5.56 Å². The van der Waals surface area contributed by atoms with Crippen LogP contribution in [0.25, 0.3) is 15.9 Å². The lowest BCUT2D eigenvalue weighted by Crippen LogP contribution is -2.21. The van der Waals surface area contributed by atoms with Gasteiger partial charge in [-0.3, -0.25) is 9.36 Å². The SMILES string of the molecule is CCSc1nc2sc(C)c(C)c2c(=O)n1-c1ccc(Cl)cc1. The van der Waals surface area contributed by atoms with Crippen LogP contribution in [0.4, 0.5) is 0 Å². The minimum Gasteiger partial charge on any atom is -0.268 e. The quantitative estimate of drug-likeness (QED) is 0.501. The molecule has 0 amide bonds. The Morgan fingerprint density at radius 1 is 1.27 bits per heavy atom. The van der Waals surface area contributed by atoms with Crippen LogP contribution in [0.15, 0.2) is 34.2 Å². The van der Waals surface area contributed by atoms with Crippen molar-refractivity contribution < 1.29 is 0 Å². The van der Waals surface area contributed by atoms with E-state index in [9.17, 15) is 4.79 Å². The Morgan fingerprint density at radius 2 is 1.95 bits per heavy atom. The molecular formula is C16H15ClN2OS2. The molecule has 2 heterocycles. The molecule has 2 aromatic heterocycles. The van der Waals surface area contributed by atoms with E-state index in [1.165, 1.54) is 0 Å². The lowest BCUT2D eigenvalue weighted by atomic mass is 10.2. The molecule has 0 radical (unpaired) electrons. The standard InChI is InChI=1S/C16H15ClN2OS2/c1-4-21-16-18-14-13(9(2)10(3)22-14)15(20)19(16)12-7-5-11(17)6-8-12/h5-8H,4H2,1-3H3. The first-order valence-electron chi connectivity index (χ1n) is 6.94. The van der Waals surface area contributed by atoms with E-state index in [0.717, 1.165) is 37.3 Å². The van der Waals surface area contributed by atoms with Gasteiger partial charge in [0.25, 0.3) is 5.56 Å². The first-order valence-corrected chi connectivity index (χ1v) is 9.12. The Bertz CT molecular complexity index is 897. The molecular weight excluding hydrogens is 336 g/mol. The first kappa shape index (κ1) is 15.6. The summed E-state index contributed by atoms with van der Waals surface area (Å²) in [4.78, 5) is 19.7. The highest BCUT2D eigenvalue weighted by Crippen LogP contribution is 2.29. The second kappa shape index (κ2) is 6.07. The molecule has 0 fully saturated rings. The molecule has 3 rings (SSSR count). The minimum atomic E-state index is -0.00915. The Hall–Kier alpha value is -1.30. The molecule has 0 aliphatic rings. The Labute approximate surface area is 142 Å². The molecule has 0 spiro atoms. The highest BCUT2D eigenvalue weighted by Gasteiger charge is 2.17. The zero-order valence-corrected chi connectivity index (χ0v) is 14.9. The van der Waals surface area contributed by atoms with Crippen molar-refractivity contribution >= 4 is 44.9 Å². The molecule has 0 saturated heterocycles. The van der Waals surface area contributed by atoms with Crippen LogP contribution in [0.5, 0.6) is 0 Å². The van der Waals surface area contributed by atoms with Crippen molar-refractivity contribution in [2.45, 2.75) is 25.9 Å². The number of halogens is 1. The van der Waals surface area contributed by atoms with Crippen molar-refractivity contribution in [2.75, 3.05) is 5.75 Å². The van der Waals surface area contributed by atoms with E-state index >= 15 is 0 Å². The third kappa shape index (κ3) is 2.57. The van der Waals surface area contributed by atoms with Crippen LogP contribution in [-0.2, 0) is 0 Å². The number of nitrogens with zero attached hydrogens (tertiary/aromatic N) is 2. The molecule has 0 bridgehead atoms. The van der Waals surface area contributed by atoms with Crippen molar-refractivity contribution in [2.24, 2.45) is 0 Å². The Balaban J connectivity index is 2.37. The summed E-state index contributed by atoms with van der Waals surface area (Å²) in [7, 11) is 0. The first-order chi connectivity index (χ1) is 10.5. The predicted octanol–water partition coefficient (Wildman–Crippen LogP) is 4.83. The Morgan fingerprint density at radius 3 is 2.59 bits per heavy atom. The van der Waals surface area contributed by atoms with Gasteiger partial charge >= 0.3 is 0 Å². The van der Waals surface area contributed by atoms with Gasteiger partial charge in [0.1, 0.15) is 4.83 Å². The average Bonchev–Trinajstić information content (AvgIpc) is 2.76. The third-order valence-electron chi connectivity index (χ3n) is 3.53. The average molecular weight is 351 g/mol. The summed E-state index contributed by atoms with van der Waals surface area (Å²) in [6.07, 6.45) is 0. The number of aryl methyl sites for hydroxylation is 2. The molecule has 0 aliphatic carbocycles. The van der Waals surface area contributed by atoms with Gasteiger partial charge in [0, 0.05) is 9.90 Å². The van der Waals surface area contributed by atoms with Crippen LogP contribution in [0.2, 0.25) is 5.02 Å². The molecule has 22 heavy (non-hydrogen) atoms. The highest BCUT2D eigenvalue weighted by molar-refractivity contribution is 7.99. The van der Waals surface area contributed by atoms with Crippen LogP contribution in [-0.4, -0.2) is 15.3 Å². The van der Waals surface area contributed by atoms with Crippen LogP contribution in [0.3, 0.4) is 0 Å². The maximum Gasteiger partial charge on any atom is 0.267 e. The predicted molar refractivity (Wildman–Crippen MR) is 96.1 cm³/mol. The molecule has 3 nitrogen and oxygen atoms in total. The van der Waals surface area contributed by atoms with Crippen LogP contribution >= 0.6 is 34.7 Å². The maximum absolute atomic E-state index is 13.0. The summed E-state index contributed by atoms with van der Waals surface area (Å²) in [5, 5.41) is 2.10. The normalized spacial score (nSPS) is 11.3. The molecule has 0 N–H and O–H groups in total. The van der Waals surface area contributed by atoms with E-state index in [2.05, 4.69) is 6.92 Å². The van der Waals surface area contributed by atoms with E-state index in [0.29, 0.717) is 5.02 Å². The van der Waals surface area contributed by atoms with Crippen molar-refractivity contribution in [1.29, 1.82) is 0 Å². The largest absolute Gasteiger partial charge is 0.268 e. The van der Waals surface area contributed by atoms with E-state index in [1.54, 1.807) is 39.8 Å². The van der Waals surface area contributed by atoms with Crippen molar-refractivity contribution in [3.05, 3.63) is 50.1 Å². The highest BCUT2D eigenvalue weighted by atomic mass is 35.5. The number of hydrogen-bond acceptors (Lipinski definition) is 4. The van der Waals surface area contributed by atoms with Gasteiger partial charge < -0.3 is 0 Å². The molecule has 0 aliphatic heterocycles. The molecule has 1 aromatic carbocycles. The smallest absolute Gasteiger partial charge is 0.267 e. The number of benzene rings is 1. The molecule has 0 unspecified atom stereocenters. The Kier molecular flexibility index (Phi) is 4.30. The lowest BCUT2D eigenvalue weighted by molar-refractivity contribution is 0.822. The van der Waals surface area contributed by atoms with Gasteiger partial charge in [0.15, 0.2) is 5.16 Å². The summed E-state index contributed by atoms with van der Waals surface area (Å²) in [6, 6.07) is 7.29. The second-order valence-corrected chi connectivity index (χ2v) is 7.78. The van der Waals surface area contributed by atoms with Gasteiger partial charge in [-0.2, -0.15) is 0 Å². The number of rotatable bonds is 3. The summed E-state index contributed by atoms with van der Waals surface area (Å²) < 4.78 is 1.69. The van der Waals surface area contributed by atoms with Crippen LogP contribution in [0.1, 0.15) is 17.4 Å². The number of thioether (sulfide) groups is 1. The van der Waals surface area contributed by atoms with Gasteiger partial charge in [-0.15, -0.1) is 11.3 Å². The zero-order valence-electron chi connectivity index (χ0n) is 12.5. The van der Waals surface area contributed by atoms with Crippen LogP contribution in [0, 0.1) is 13.8 Å². The fourth-order valence-corrected chi connectivity index (χ4v) is 4.25. The number of thiophene rings is 1. The van der Waals surface area contributed by atoms with Gasteiger partial charge in [-0.25, -0.2) is 4.98 Å². The summed E-state index contributed by atoms with van der Waals surface area (Å²) in [5.74, 6) is 0.856. The fourth-order valence-electron chi connectivity index (χ4n) is 2.32. The topological polar surface area (TPSA) is 34.9 Å². The zero-order chi connectivity index (χ0) is 15.9. The number of aromatic nitrogens is 2. The van der Waals surface area contributed by atoms with E-state index in [1.807, 2.05) is 26.0 Å². The molecule has 3 aromatic rings. The maximum atomic E-state index is 13.0. The van der Waals surface area contributed by atoms with E-state index < -0.39 is 0 Å². The van der Waals surface area contributed by atoms with Gasteiger partial charge in [-0.05, 0) is 49.4 Å². The monoisotopic (exact) mass is 350 g/mol. The van der Waals surface area contributed by atoms with Gasteiger partial charge in [0.2, 0.25) is 0 Å². The van der Waals surface area contributed by atoms with Crippen molar-refractivity contribution in [1.82, 2.24) is 9.55 Å². The molecule has 6 heteroatoms. The molecule has 114 valence electrons. The fraction of sp³-hybridized carbons (Fsp3) is 0.250. The number of hydrogen-bond donors (Lipinski definition) is 0. The lowest BCUT2D eigenvalue weighted by Gasteiger charge is -2.11. The summed E-state index contributed by atoms with van der Waals surface area (Å²) in [6.45, 7) is 6.06. The van der Waals surface area contributed by atoms with Crippen molar-refractivity contribution in [3.63, 3.8) is 0 Å². The van der Waals surface area contributed by atoms with Crippen molar-refractivity contribution in [3.8, 4) is 5.69 Å². The summed E-state index contributed by atoms with van der Waals surface area (Å²) >= 11 is 9.11. The van der Waals surface area contributed by atoms with Gasteiger partial charge in [0.05, 0.1) is 11.1 Å². The summed E-state index contributed by atoms with van der Waals surface area (Å²) in [5.41, 5.74) is 1.81. The van der Waals surface area contributed by atoms with E-state index in [4.69, 9.17) is 16.6 Å². The van der Waals surface area contributed by atoms with Crippen LogP contribution < -0.4 is 5.56 Å². The number of fused-ring (bicyclic) bond motifs is 1. The molecule has 0 saturated carbocycles. The van der Waals surface area contributed by atoms with Gasteiger partial charge in [-0.1, -0.05) is 30.3 Å². The molecule has 0 atom stereocenters. The minimum absolute atomic E-state index is 0.00915. The second-order valence-electron chi connectivity index (χ2n) is 4.91. The third-order valence-corrected chi connectivity index (χ3v) is 5.70.